The highest BCUT2D eigenvalue weighted by molar-refractivity contribution is 5.26. The summed E-state index contributed by atoms with van der Waals surface area (Å²) in [5.74, 6) is 0.614. The van der Waals surface area contributed by atoms with Gasteiger partial charge in [-0.2, -0.15) is 0 Å². The van der Waals surface area contributed by atoms with E-state index < -0.39 is 0 Å². The van der Waals surface area contributed by atoms with E-state index in [4.69, 9.17) is 5.73 Å². The lowest BCUT2D eigenvalue weighted by molar-refractivity contribution is 0.115. The summed E-state index contributed by atoms with van der Waals surface area (Å²) in [6, 6.07) is 5.53. The van der Waals surface area contributed by atoms with Crippen LogP contribution in [0.15, 0.2) is 18.2 Å². The second-order valence-electron chi connectivity index (χ2n) is 5.56. The zero-order chi connectivity index (χ0) is 13.1. The maximum atomic E-state index is 13.1. The van der Waals surface area contributed by atoms with E-state index in [-0.39, 0.29) is 5.82 Å². The van der Waals surface area contributed by atoms with Gasteiger partial charge in [0.25, 0.3) is 0 Å². The number of hydrogen-bond donors (Lipinski definition) is 1. The van der Waals surface area contributed by atoms with Crippen molar-refractivity contribution in [3.63, 3.8) is 0 Å². The van der Waals surface area contributed by atoms with Crippen molar-refractivity contribution in [3.8, 4) is 0 Å². The molecular formula is C15H23FN2. The van der Waals surface area contributed by atoms with E-state index in [2.05, 4.69) is 11.8 Å². The van der Waals surface area contributed by atoms with E-state index in [0.717, 1.165) is 24.6 Å². The number of benzene rings is 1. The monoisotopic (exact) mass is 250 g/mol. The zero-order valence-corrected chi connectivity index (χ0v) is 11.3. The summed E-state index contributed by atoms with van der Waals surface area (Å²) in [5.41, 5.74) is 8.11. The molecule has 18 heavy (non-hydrogen) atoms. The molecule has 0 saturated carbocycles. The molecular weight excluding hydrogens is 227 g/mol. The SMILES string of the molecule is Cc1cc(F)ccc1CN1CCC(C)CC1CN. The first kappa shape index (κ1) is 13.5. The number of halogens is 1. The molecule has 100 valence electrons. The summed E-state index contributed by atoms with van der Waals surface area (Å²) in [4.78, 5) is 2.44. The normalized spacial score (nSPS) is 25.3. The summed E-state index contributed by atoms with van der Waals surface area (Å²) in [6.45, 7) is 6.97. The molecule has 3 heteroatoms. The average molecular weight is 250 g/mol. The van der Waals surface area contributed by atoms with Crippen molar-refractivity contribution in [1.82, 2.24) is 4.90 Å². The summed E-state index contributed by atoms with van der Waals surface area (Å²) in [5, 5.41) is 0. The smallest absolute Gasteiger partial charge is 0.123 e. The molecule has 0 spiro atoms. The van der Waals surface area contributed by atoms with E-state index in [1.54, 1.807) is 12.1 Å². The van der Waals surface area contributed by atoms with Crippen LogP contribution in [-0.4, -0.2) is 24.0 Å². The predicted molar refractivity (Wildman–Crippen MR) is 72.8 cm³/mol. The maximum absolute atomic E-state index is 13.1. The van der Waals surface area contributed by atoms with Gasteiger partial charge in [0.15, 0.2) is 0 Å². The lowest BCUT2D eigenvalue weighted by Crippen LogP contribution is -2.45. The molecule has 0 aromatic heterocycles. The first-order valence-electron chi connectivity index (χ1n) is 6.79. The molecule has 1 aliphatic heterocycles. The Morgan fingerprint density at radius 3 is 2.89 bits per heavy atom. The molecule has 2 atom stereocenters. The Bertz CT molecular complexity index is 405. The van der Waals surface area contributed by atoms with Crippen LogP contribution in [-0.2, 0) is 6.54 Å². The van der Waals surface area contributed by atoms with E-state index in [1.165, 1.54) is 18.4 Å². The standard InChI is InChI=1S/C15H23FN2/c1-11-5-6-18(15(7-11)9-17)10-13-3-4-14(16)8-12(13)2/h3-4,8,11,15H,5-7,9-10,17H2,1-2H3. The van der Waals surface area contributed by atoms with Gasteiger partial charge in [0.05, 0.1) is 0 Å². The lowest BCUT2D eigenvalue weighted by atomic mass is 9.92. The van der Waals surface area contributed by atoms with Crippen LogP contribution in [0.2, 0.25) is 0 Å². The van der Waals surface area contributed by atoms with Gasteiger partial charge in [-0.05, 0) is 55.5 Å². The Labute approximate surface area is 109 Å². The second-order valence-corrected chi connectivity index (χ2v) is 5.56. The van der Waals surface area contributed by atoms with Crippen molar-refractivity contribution in [1.29, 1.82) is 0 Å². The Hall–Kier alpha value is -0.930. The first-order valence-corrected chi connectivity index (χ1v) is 6.79. The van der Waals surface area contributed by atoms with Gasteiger partial charge in [0.2, 0.25) is 0 Å². The van der Waals surface area contributed by atoms with E-state index in [9.17, 15) is 4.39 Å². The van der Waals surface area contributed by atoms with E-state index >= 15 is 0 Å². The van der Waals surface area contributed by atoms with Crippen LogP contribution >= 0.6 is 0 Å². The third kappa shape index (κ3) is 3.09. The minimum Gasteiger partial charge on any atom is -0.329 e. The molecule has 1 aromatic rings. The summed E-state index contributed by atoms with van der Waals surface area (Å²) in [7, 11) is 0. The Kier molecular flexibility index (Phi) is 4.36. The summed E-state index contributed by atoms with van der Waals surface area (Å²) >= 11 is 0. The van der Waals surface area contributed by atoms with Crippen molar-refractivity contribution in [3.05, 3.63) is 35.1 Å². The first-order chi connectivity index (χ1) is 8.60. The largest absolute Gasteiger partial charge is 0.329 e. The van der Waals surface area contributed by atoms with Crippen molar-refractivity contribution >= 4 is 0 Å². The van der Waals surface area contributed by atoms with Gasteiger partial charge in [-0.25, -0.2) is 4.39 Å². The molecule has 0 bridgehead atoms. The quantitative estimate of drug-likeness (QED) is 0.893. The van der Waals surface area contributed by atoms with Gasteiger partial charge in [0.1, 0.15) is 5.82 Å². The highest BCUT2D eigenvalue weighted by atomic mass is 19.1. The van der Waals surface area contributed by atoms with Gasteiger partial charge in [-0.3, -0.25) is 4.90 Å². The fraction of sp³-hybridized carbons (Fsp3) is 0.600. The van der Waals surface area contributed by atoms with Gasteiger partial charge < -0.3 is 5.73 Å². The number of nitrogens with zero attached hydrogens (tertiary/aromatic N) is 1. The second kappa shape index (κ2) is 5.81. The Morgan fingerprint density at radius 1 is 1.44 bits per heavy atom. The molecule has 2 nitrogen and oxygen atoms in total. The van der Waals surface area contributed by atoms with Crippen molar-refractivity contribution in [2.75, 3.05) is 13.1 Å². The van der Waals surface area contributed by atoms with Crippen molar-refractivity contribution in [2.24, 2.45) is 11.7 Å². The molecule has 2 rings (SSSR count). The van der Waals surface area contributed by atoms with Crippen molar-refractivity contribution < 1.29 is 4.39 Å². The molecule has 1 fully saturated rings. The van der Waals surface area contributed by atoms with E-state index in [1.807, 2.05) is 13.0 Å². The molecule has 0 amide bonds. The van der Waals surface area contributed by atoms with Crippen LogP contribution in [0.1, 0.15) is 30.9 Å². The van der Waals surface area contributed by atoms with Crippen LogP contribution in [0.25, 0.3) is 0 Å². The molecule has 0 aliphatic carbocycles. The van der Waals surface area contributed by atoms with Crippen LogP contribution in [0.3, 0.4) is 0 Å². The van der Waals surface area contributed by atoms with Crippen molar-refractivity contribution in [2.45, 2.75) is 39.3 Å². The Balaban J connectivity index is 2.07. The maximum Gasteiger partial charge on any atom is 0.123 e. The highest BCUT2D eigenvalue weighted by Gasteiger charge is 2.25. The van der Waals surface area contributed by atoms with Crippen LogP contribution in [0.5, 0.6) is 0 Å². The number of aryl methyl sites for hydroxylation is 1. The number of likely N-dealkylation sites (tertiary alicyclic amines) is 1. The Morgan fingerprint density at radius 2 is 2.22 bits per heavy atom. The minimum atomic E-state index is -0.154. The predicted octanol–water partition coefficient (Wildman–Crippen LogP) is 2.69. The van der Waals surface area contributed by atoms with Crippen LogP contribution < -0.4 is 5.73 Å². The molecule has 2 unspecified atom stereocenters. The molecule has 1 aliphatic rings. The molecule has 1 heterocycles. The number of nitrogens with two attached hydrogens (primary N) is 1. The molecule has 1 aromatic carbocycles. The molecule has 1 saturated heterocycles. The number of hydrogen-bond acceptors (Lipinski definition) is 2. The topological polar surface area (TPSA) is 29.3 Å². The lowest BCUT2D eigenvalue weighted by Gasteiger charge is -2.38. The van der Waals surface area contributed by atoms with Crippen LogP contribution in [0.4, 0.5) is 4.39 Å². The highest BCUT2D eigenvalue weighted by Crippen LogP contribution is 2.24. The summed E-state index contributed by atoms with van der Waals surface area (Å²) in [6.07, 6.45) is 2.41. The van der Waals surface area contributed by atoms with Gasteiger partial charge in [-0.1, -0.05) is 13.0 Å². The fourth-order valence-electron chi connectivity index (χ4n) is 2.81. The molecule has 0 radical (unpaired) electrons. The van der Waals surface area contributed by atoms with Gasteiger partial charge in [0, 0.05) is 19.1 Å². The molecule has 2 N–H and O–H groups in total. The van der Waals surface area contributed by atoms with Gasteiger partial charge in [-0.15, -0.1) is 0 Å². The zero-order valence-electron chi connectivity index (χ0n) is 11.3. The minimum absolute atomic E-state index is 0.154. The number of rotatable bonds is 3. The third-order valence-electron chi connectivity index (χ3n) is 4.05. The fourth-order valence-corrected chi connectivity index (χ4v) is 2.81. The van der Waals surface area contributed by atoms with Crippen LogP contribution in [0, 0.1) is 18.7 Å². The van der Waals surface area contributed by atoms with Gasteiger partial charge >= 0.3 is 0 Å². The summed E-state index contributed by atoms with van der Waals surface area (Å²) < 4.78 is 13.1. The average Bonchev–Trinajstić information content (AvgIpc) is 2.34. The number of piperidine rings is 1. The van der Waals surface area contributed by atoms with E-state index in [0.29, 0.717) is 12.6 Å². The third-order valence-corrected chi connectivity index (χ3v) is 4.05.